The van der Waals surface area contributed by atoms with Crippen LogP contribution in [0.15, 0.2) is 53.0 Å². The Kier molecular flexibility index (Phi) is 6.65. The Labute approximate surface area is 158 Å². The molecule has 0 bridgehead atoms. The van der Waals surface area contributed by atoms with Gasteiger partial charge in [-0.2, -0.15) is 0 Å². The second kappa shape index (κ2) is 9.16. The molecule has 4 heteroatoms. The quantitative estimate of drug-likeness (QED) is 0.766. The molecule has 1 saturated heterocycles. The third-order valence-corrected chi connectivity index (χ3v) is 5.33. The number of rotatable bonds is 6. The minimum Gasteiger partial charge on any atom is -0.352 e. The van der Waals surface area contributed by atoms with Gasteiger partial charge in [-0.3, -0.25) is 4.79 Å². The first-order valence-corrected chi connectivity index (χ1v) is 9.91. The zero-order valence-corrected chi connectivity index (χ0v) is 16.1. The van der Waals surface area contributed by atoms with Crippen LogP contribution in [0.5, 0.6) is 0 Å². The zero-order chi connectivity index (χ0) is 17.5. The summed E-state index contributed by atoms with van der Waals surface area (Å²) < 4.78 is 1.03. The normalized spacial score (nSPS) is 15.1. The SMILES string of the molecule is O=C(Cc1ccc(Br)cc1)NCc1ccc(C[NH+]2CCCCC2)cc1. The second-order valence-electron chi connectivity index (χ2n) is 6.88. The monoisotopic (exact) mass is 401 g/mol. The minimum absolute atomic E-state index is 0.0594. The first-order valence-electron chi connectivity index (χ1n) is 9.11. The largest absolute Gasteiger partial charge is 0.352 e. The van der Waals surface area contributed by atoms with E-state index in [0.29, 0.717) is 13.0 Å². The van der Waals surface area contributed by atoms with E-state index in [-0.39, 0.29) is 5.91 Å². The van der Waals surface area contributed by atoms with E-state index in [2.05, 4.69) is 45.5 Å². The van der Waals surface area contributed by atoms with E-state index in [1.165, 1.54) is 37.9 Å². The van der Waals surface area contributed by atoms with Crippen LogP contribution in [0.1, 0.15) is 36.0 Å². The molecular weight excluding hydrogens is 376 g/mol. The average Bonchev–Trinajstić information content (AvgIpc) is 2.64. The van der Waals surface area contributed by atoms with E-state index < -0.39 is 0 Å². The molecule has 3 nitrogen and oxygen atoms in total. The van der Waals surface area contributed by atoms with Crippen molar-refractivity contribution in [3.05, 3.63) is 69.7 Å². The van der Waals surface area contributed by atoms with Gasteiger partial charge in [0.1, 0.15) is 6.54 Å². The molecular formula is C21H26BrN2O+. The maximum Gasteiger partial charge on any atom is 0.224 e. The Bertz CT molecular complexity index is 676. The van der Waals surface area contributed by atoms with E-state index >= 15 is 0 Å². The van der Waals surface area contributed by atoms with Gasteiger partial charge in [0, 0.05) is 16.6 Å². The molecule has 2 aromatic rings. The van der Waals surface area contributed by atoms with Crippen molar-refractivity contribution in [1.82, 2.24) is 5.32 Å². The predicted molar refractivity (Wildman–Crippen MR) is 104 cm³/mol. The summed E-state index contributed by atoms with van der Waals surface area (Å²) in [6.07, 6.45) is 4.53. The standard InChI is InChI=1S/C21H25BrN2O/c22-20-10-8-17(9-11-20)14-21(25)23-15-18-4-6-19(7-5-18)16-24-12-2-1-3-13-24/h4-11H,1-3,12-16H2,(H,23,25)/p+1. The molecule has 0 saturated carbocycles. The highest BCUT2D eigenvalue weighted by Crippen LogP contribution is 2.11. The van der Waals surface area contributed by atoms with Crippen LogP contribution >= 0.6 is 15.9 Å². The number of piperidine rings is 1. The van der Waals surface area contributed by atoms with Crippen molar-refractivity contribution in [2.75, 3.05) is 13.1 Å². The molecule has 1 aliphatic rings. The molecule has 1 heterocycles. The van der Waals surface area contributed by atoms with E-state index in [1.807, 2.05) is 24.3 Å². The van der Waals surface area contributed by atoms with E-state index in [1.54, 1.807) is 4.90 Å². The Morgan fingerprint density at radius 2 is 1.48 bits per heavy atom. The lowest BCUT2D eigenvalue weighted by atomic mass is 10.1. The van der Waals surface area contributed by atoms with Gasteiger partial charge in [-0.05, 0) is 42.5 Å². The van der Waals surface area contributed by atoms with Gasteiger partial charge in [-0.25, -0.2) is 0 Å². The van der Waals surface area contributed by atoms with Gasteiger partial charge in [0.25, 0.3) is 0 Å². The van der Waals surface area contributed by atoms with Crippen molar-refractivity contribution in [2.45, 2.75) is 38.8 Å². The van der Waals surface area contributed by atoms with Crippen molar-refractivity contribution >= 4 is 21.8 Å². The molecule has 25 heavy (non-hydrogen) atoms. The van der Waals surface area contributed by atoms with Gasteiger partial charge < -0.3 is 10.2 Å². The lowest BCUT2D eigenvalue weighted by molar-refractivity contribution is -0.918. The number of likely N-dealkylation sites (tertiary alicyclic amines) is 1. The summed E-state index contributed by atoms with van der Waals surface area (Å²) >= 11 is 3.41. The van der Waals surface area contributed by atoms with Crippen molar-refractivity contribution < 1.29 is 9.69 Å². The van der Waals surface area contributed by atoms with Crippen LogP contribution < -0.4 is 10.2 Å². The maximum atomic E-state index is 12.1. The molecule has 2 aromatic carbocycles. The van der Waals surface area contributed by atoms with Gasteiger partial charge in [0.05, 0.1) is 19.5 Å². The summed E-state index contributed by atoms with van der Waals surface area (Å²) in [5.74, 6) is 0.0594. The number of halogens is 1. The van der Waals surface area contributed by atoms with Gasteiger partial charge in [-0.15, -0.1) is 0 Å². The highest BCUT2D eigenvalue weighted by molar-refractivity contribution is 9.10. The second-order valence-corrected chi connectivity index (χ2v) is 7.80. The maximum absolute atomic E-state index is 12.1. The van der Waals surface area contributed by atoms with Gasteiger partial charge in [0.2, 0.25) is 5.91 Å². The molecule has 1 fully saturated rings. The first-order chi connectivity index (χ1) is 12.2. The average molecular weight is 402 g/mol. The van der Waals surface area contributed by atoms with E-state index in [4.69, 9.17) is 0 Å². The van der Waals surface area contributed by atoms with Crippen molar-refractivity contribution in [3.63, 3.8) is 0 Å². The molecule has 0 aromatic heterocycles. The Morgan fingerprint density at radius 1 is 0.880 bits per heavy atom. The Balaban J connectivity index is 1.44. The molecule has 0 aliphatic carbocycles. The lowest BCUT2D eigenvalue weighted by Gasteiger charge is -2.23. The van der Waals surface area contributed by atoms with E-state index in [0.717, 1.165) is 22.1 Å². The number of carbonyl (C=O) groups is 1. The predicted octanol–water partition coefficient (Wildman–Crippen LogP) is 2.88. The fourth-order valence-electron chi connectivity index (χ4n) is 3.34. The lowest BCUT2D eigenvalue weighted by Crippen LogP contribution is -3.11. The fourth-order valence-corrected chi connectivity index (χ4v) is 3.61. The summed E-state index contributed by atoms with van der Waals surface area (Å²) in [6, 6.07) is 16.6. The van der Waals surface area contributed by atoms with Crippen LogP contribution in [0, 0.1) is 0 Å². The van der Waals surface area contributed by atoms with Crippen LogP contribution in [0.2, 0.25) is 0 Å². The van der Waals surface area contributed by atoms with Crippen LogP contribution in [-0.4, -0.2) is 19.0 Å². The summed E-state index contributed by atoms with van der Waals surface area (Å²) in [4.78, 5) is 13.8. The Morgan fingerprint density at radius 3 is 2.16 bits per heavy atom. The molecule has 2 N–H and O–H groups in total. The minimum atomic E-state index is 0.0594. The molecule has 0 atom stereocenters. The smallest absolute Gasteiger partial charge is 0.224 e. The fraction of sp³-hybridized carbons (Fsp3) is 0.381. The molecule has 3 rings (SSSR count). The third kappa shape index (κ3) is 5.98. The topological polar surface area (TPSA) is 33.5 Å². The molecule has 1 aliphatic heterocycles. The third-order valence-electron chi connectivity index (χ3n) is 4.81. The van der Waals surface area contributed by atoms with Crippen LogP contribution in [0.3, 0.4) is 0 Å². The van der Waals surface area contributed by atoms with Crippen molar-refractivity contribution in [3.8, 4) is 0 Å². The number of benzene rings is 2. The van der Waals surface area contributed by atoms with Crippen molar-refractivity contribution in [2.24, 2.45) is 0 Å². The number of hydrogen-bond acceptors (Lipinski definition) is 1. The number of carbonyl (C=O) groups excluding carboxylic acids is 1. The number of amides is 1. The molecule has 132 valence electrons. The van der Waals surface area contributed by atoms with Gasteiger partial charge >= 0.3 is 0 Å². The number of quaternary nitrogens is 1. The van der Waals surface area contributed by atoms with Gasteiger partial charge in [0.15, 0.2) is 0 Å². The van der Waals surface area contributed by atoms with E-state index in [9.17, 15) is 4.79 Å². The first kappa shape index (κ1) is 18.2. The Hall–Kier alpha value is -1.65. The molecule has 0 spiro atoms. The van der Waals surface area contributed by atoms with Crippen LogP contribution in [0.25, 0.3) is 0 Å². The molecule has 0 unspecified atom stereocenters. The zero-order valence-electron chi connectivity index (χ0n) is 14.6. The highest BCUT2D eigenvalue weighted by atomic mass is 79.9. The number of hydrogen-bond donors (Lipinski definition) is 2. The van der Waals surface area contributed by atoms with Gasteiger partial charge in [-0.1, -0.05) is 52.3 Å². The summed E-state index contributed by atoms with van der Waals surface area (Å²) in [5, 5.41) is 3.01. The highest BCUT2D eigenvalue weighted by Gasteiger charge is 2.13. The van der Waals surface area contributed by atoms with Crippen LogP contribution in [0.4, 0.5) is 0 Å². The number of nitrogens with one attached hydrogen (secondary N) is 2. The summed E-state index contributed by atoms with van der Waals surface area (Å²) in [7, 11) is 0. The molecule has 0 radical (unpaired) electrons. The summed E-state index contributed by atoms with van der Waals surface area (Å²) in [5.41, 5.74) is 3.57. The molecule has 1 amide bonds. The van der Waals surface area contributed by atoms with Crippen molar-refractivity contribution in [1.29, 1.82) is 0 Å². The van der Waals surface area contributed by atoms with Crippen LogP contribution in [-0.2, 0) is 24.3 Å². The summed E-state index contributed by atoms with van der Waals surface area (Å²) in [6.45, 7) is 4.31.